The molecule has 0 saturated carbocycles. The summed E-state index contributed by atoms with van der Waals surface area (Å²) in [5, 5.41) is 0.432. The molecule has 1 N–H and O–H groups in total. The highest BCUT2D eigenvalue weighted by atomic mass is 16.5. The van der Waals surface area contributed by atoms with E-state index in [1.54, 1.807) is 12.3 Å². The maximum absolute atomic E-state index is 12.4. The van der Waals surface area contributed by atoms with Gasteiger partial charge < -0.3 is 4.74 Å². The number of ether oxygens (including phenoxy) is 1. The van der Waals surface area contributed by atoms with Gasteiger partial charge >= 0.3 is 5.69 Å². The minimum atomic E-state index is -0.444. The highest BCUT2D eigenvalue weighted by Gasteiger charge is 2.20. The zero-order valence-electron chi connectivity index (χ0n) is 13.1. The molecule has 0 aliphatic carbocycles. The average molecular weight is 323 g/mol. The number of rotatable bonds is 3. The third kappa shape index (κ3) is 2.55. The first-order chi connectivity index (χ1) is 11.7. The molecule has 0 amide bonds. The molecule has 24 heavy (non-hydrogen) atoms. The molecule has 3 heterocycles. The highest BCUT2D eigenvalue weighted by Crippen LogP contribution is 2.24. The van der Waals surface area contributed by atoms with Crippen molar-refractivity contribution in [3.05, 3.63) is 63.4 Å². The van der Waals surface area contributed by atoms with Crippen molar-refractivity contribution in [2.45, 2.75) is 25.5 Å². The topological polar surface area (TPSA) is 77.0 Å². The minimum Gasteiger partial charge on any atom is -0.376 e. The average Bonchev–Trinajstić information content (AvgIpc) is 3.12. The molecular weight excluding hydrogens is 306 g/mol. The van der Waals surface area contributed by atoms with Crippen LogP contribution in [0.3, 0.4) is 0 Å². The van der Waals surface area contributed by atoms with Gasteiger partial charge in [0.25, 0.3) is 5.56 Å². The van der Waals surface area contributed by atoms with Crippen LogP contribution in [0.5, 0.6) is 0 Å². The Kier molecular flexibility index (Phi) is 3.74. The second kappa shape index (κ2) is 6.05. The van der Waals surface area contributed by atoms with Gasteiger partial charge in [0.1, 0.15) is 5.65 Å². The van der Waals surface area contributed by atoms with E-state index < -0.39 is 11.2 Å². The molecule has 2 aromatic heterocycles. The molecule has 0 spiro atoms. The van der Waals surface area contributed by atoms with E-state index in [1.165, 1.54) is 4.57 Å². The van der Waals surface area contributed by atoms with E-state index in [4.69, 9.17) is 4.74 Å². The second-order valence-corrected chi connectivity index (χ2v) is 5.93. The lowest BCUT2D eigenvalue weighted by molar-refractivity contribution is 0.0967. The Morgan fingerprint density at radius 1 is 1.21 bits per heavy atom. The molecule has 1 aliphatic rings. The molecule has 1 aliphatic heterocycles. The Bertz CT molecular complexity index is 986. The Morgan fingerprint density at radius 3 is 2.79 bits per heavy atom. The van der Waals surface area contributed by atoms with E-state index in [9.17, 15) is 9.59 Å². The molecule has 0 bridgehead atoms. The number of nitrogens with one attached hydrogen (secondary N) is 1. The van der Waals surface area contributed by atoms with Gasteiger partial charge in [-0.1, -0.05) is 30.3 Å². The van der Waals surface area contributed by atoms with Crippen molar-refractivity contribution in [3.63, 3.8) is 0 Å². The van der Waals surface area contributed by atoms with Crippen molar-refractivity contribution < 1.29 is 4.74 Å². The first kappa shape index (κ1) is 14.8. The summed E-state index contributed by atoms with van der Waals surface area (Å²) in [6, 6.07) is 11.4. The van der Waals surface area contributed by atoms with E-state index in [-0.39, 0.29) is 6.10 Å². The quantitative estimate of drug-likeness (QED) is 0.799. The van der Waals surface area contributed by atoms with Crippen LogP contribution >= 0.6 is 0 Å². The Morgan fingerprint density at radius 2 is 2.04 bits per heavy atom. The summed E-state index contributed by atoms with van der Waals surface area (Å²) >= 11 is 0. The van der Waals surface area contributed by atoms with Gasteiger partial charge in [-0.3, -0.25) is 14.3 Å². The summed E-state index contributed by atoms with van der Waals surface area (Å²) in [4.78, 5) is 31.5. The fourth-order valence-corrected chi connectivity index (χ4v) is 3.22. The van der Waals surface area contributed by atoms with Gasteiger partial charge in [-0.25, -0.2) is 9.78 Å². The summed E-state index contributed by atoms with van der Waals surface area (Å²) in [5.41, 5.74) is 1.23. The SMILES string of the molecule is O=c1[nH]c(=O)n(CC2CCCO2)c2nccc(-c3ccccc3)c12. The molecule has 1 saturated heterocycles. The molecule has 122 valence electrons. The van der Waals surface area contributed by atoms with Crippen molar-refractivity contribution in [1.82, 2.24) is 14.5 Å². The van der Waals surface area contributed by atoms with E-state index in [2.05, 4.69) is 9.97 Å². The lowest BCUT2D eigenvalue weighted by atomic mass is 10.0. The number of aromatic amines is 1. The molecule has 0 radical (unpaired) electrons. The summed E-state index contributed by atoms with van der Waals surface area (Å²) in [6.45, 7) is 1.11. The van der Waals surface area contributed by atoms with Gasteiger partial charge in [0, 0.05) is 12.8 Å². The first-order valence-electron chi connectivity index (χ1n) is 8.03. The molecule has 3 aromatic rings. The third-order valence-corrected chi connectivity index (χ3v) is 4.37. The van der Waals surface area contributed by atoms with Crippen molar-refractivity contribution in [2.24, 2.45) is 0 Å². The number of benzene rings is 1. The second-order valence-electron chi connectivity index (χ2n) is 5.93. The van der Waals surface area contributed by atoms with Crippen molar-refractivity contribution >= 4 is 11.0 Å². The first-order valence-corrected chi connectivity index (χ1v) is 8.03. The van der Waals surface area contributed by atoms with Crippen molar-refractivity contribution in [3.8, 4) is 11.1 Å². The molecule has 1 aromatic carbocycles. The van der Waals surface area contributed by atoms with Gasteiger partial charge in [-0.05, 0) is 30.0 Å². The number of hydrogen-bond acceptors (Lipinski definition) is 4. The number of pyridine rings is 1. The number of fused-ring (bicyclic) bond motifs is 1. The minimum absolute atomic E-state index is 0.0148. The molecule has 4 rings (SSSR count). The van der Waals surface area contributed by atoms with Gasteiger partial charge in [-0.15, -0.1) is 0 Å². The number of hydrogen-bond donors (Lipinski definition) is 1. The summed E-state index contributed by atoms with van der Waals surface area (Å²) in [7, 11) is 0. The molecule has 1 unspecified atom stereocenters. The number of nitrogens with zero attached hydrogens (tertiary/aromatic N) is 2. The van der Waals surface area contributed by atoms with Crippen LogP contribution in [0.2, 0.25) is 0 Å². The van der Waals surface area contributed by atoms with Crippen LogP contribution in [0.1, 0.15) is 12.8 Å². The zero-order valence-corrected chi connectivity index (χ0v) is 13.1. The highest BCUT2D eigenvalue weighted by molar-refractivity contribution is 5.91. The van der Waals surface area contributed by atoms with Crippen molar-refractivity contribution in [1.29, 1.82) is 0 Å². The molecule has 6 heteroatoms. The number of H-pyrrole nitrogens is 1. The van der Waals surface area contributed by atoms with Crippen LogP contribution in [0.15, 0.2) is 52.2 Å². The van der Waals surface area contributed by atoms with Gasteiger partial charge in [0.15, 0.2) is 0 Å². The van der Waals surface area contributed by atoms with Crippen LogP contribution in [-0.4, -0.2) is 27.2 Å². The molecule has 1 fully saturated rings. The smallest absolute Gasteiger partial charge is 0.330 e. The van der Waals surface area contributed by atoms with E-state index in [0.29, 0.717) is 24.2 Å². The third-order valence-electron chi connectivity index (χ3n) is 4.37. The number of aromatic nitrogens is 3. The maximum atomic E-state index is 12.4. The lowest BCUT2D eigenvalue weighted by Crippen LogP contribution is -2.34. The largest absolute Gasteiger partial charge is 0.376 e. The van der Waals surface area contributed by atoms with Gasteiger partial charge in [-0.2, -0.15) is 0 Å². The standard InChI is InChI=1S/C18H17N3O3/c22-17-15-14(12-5-2-1-3-6-12)8-9-19-16(15)21(18(23)20-17)11-13-7-4-10-24-13/h1-3,5-6,8-9,13H,4,7,10-11H2,(H,20,22,23). The zero-order chi connectivity index (χ0) is 16.5. The molecule has 6 nitrogen and oxygen atoms in total. The van der Waals surface area contributed by atoms with E-state index in [0.717, 1.165) is 24.0 Å². The lowest BCUT2D eigenvalue weighted by Gasteiger charge is -2.14. The Balaban J connectivity index is 1.95. The predicted octanol–water partition coefficient (Wildman–Crippen LogP) is 1.93. The van der Waals surface area contributed by atoms with E-state index in [1.807, 2.05) is 30.3 Å². The summed E-state index contributed by atoms with van der Waals surface area (Å²) in [5.74, 6) is 0. The van der Waals surface area contributed by atoms with Gasteiger partial charge in [0.05, 0.1) is 18.0 Å². The van der Waals surface area contributed by atoms with Crippen LogP contribution < -0.4 is 11.2 Å². The molecule has 1 atom stereocenters. The Hall–Kier alpha value is -2.73. The summed E-state index contributed by atoms with van der Waals surface area (Å²) in [6.07, 6.45) is 3.52. The fraction of sp³-hybridized carbons (Fsp3) is 0.278. The fourth-order valence-electron chi connectivity index (χ4n) is 3.22. The van der Waals surface area contributed by atoms with Crippen LogP contribution in [0.25, 0.3) is 22.2 Å². The maximum Gasteiger partial charge on any atom is 0.330 e. The normalized spacial score (nSPS) is 17.4. The summed E-state index contributed by atoms with van der Waals surface area (Å²) < 4.78 is 7.14. The van der Waals surface area contributed by atoms with Crippen LogP contribution in [0, 0.1) is 0 Å². The predicted molar refractivity (Wildman–Crippen MR) is 91.0 cm³/mol. The monoisotopic (exact) mass is 323 g/mol. The Labute approximate surface area is 137 Å². The van der Waals surface area contributed by atoms with Crippen LogP contribution in [0.4, 0.5) is 0 Å². The van der Waals surface area contributed by atoms with Crippen molar-refractivity contribution in [2.75, 3.05) is 6.61 Å². The van der Waals surface area contributed by atoms with E-state index >= 15 is 0 Å². The van der Waals surface area contributed by atoms with Crippen LogP contribution in [-0.2, 0) is 11.3 Å². The molecular formula is C18H17N3O3. The van der Waals surface area contributed by atoms with Gasteiger partial charge in [0.2, 0.25) is 0 Å².